The minimum Gasteiger partial charge on any atom is -0.507 e. The molecule has 2 aromatic carbocycles. The van der Waals surface area contributed by atoms with Gasteiger partial charge in [-0.2, -0.15) is 0 Å². The fraction of sp³-hybridized carbons (Fsp3) is 0.391. The van der Waals surface area contributed by atoms with Gasteiger partial charge in [-0.3, -0.25) is 0 Å². The molecule has 142 valence electrons. The van der Waals surface area contributed by atoms with E-state index >= 15 is 0 Å². The number of anilines is 2. The zero-order valence-electron chi connectivity index (χ0n) is 16.5. The van der Waals surface area contributed by atoms with Crippen LogP contribution in [0.3, 0.4) is 0 Å². The number of allylic oxidation sites excluding steroid dienone is 1. The van der Waals surface area contributed by atoms with Gasteiger partial charge < -0.3 is 19.6 Å². The minimum atomic E-state index is 0.307. The zero-order valence-corrected chi connectivity index (χ0v) is 16.5. The number of phenolic OH excluding ortho intramolecular Hbond substituents is 1. The summed E-state index contributed by atoms with van der Waals surface area (Å²) < 4.78 is 6.04. The van der Waals surface area contributed by atoms with Gasteiger partial charge >= 0.3 is 0 Å². The number of aryl methyl sites for hydroxylation is 2. The Morgan fingerprint density at radius 3 is 2.07 bits per heavy atom. The van der Waals surface area contributed by atoms with Crippen LogP contribution >= 0.6 is 0 Å². The van der Waals surface area contributed by atoms with Crippen molar-refractivity contribution < 1.29 is 9.84 Å². The molecule has 0 aliphatic carbocycles. The second-order valence-electron chi connectivity index (χ2n) is 7.77. The second kappa shape index (κ2) is 6.84. The Hall–Kier alpha value is -2.62. The fourth-order valence-corrected chi connectivity index (χ4v) is 4.51. The summed E-state index contributed by atoms with van der Waals surface area (Å²) in [5.74, 6) is 1.71. The lowest BCUT2D eigenvalue weighted by atomic mass is 9.88. The Labute approximate surface area is 161 Å². The quantitative estimate of drug-likeness (QED) is 0.798. The van der Waals surface area contributed by atoms with E-state index in [4.69, 9.17) is 4.74 Å². The van der Waals surface area contributed by atoms with Crippen LogP contribution in [0.1, 0.15) is 30.9 Å². The lowest BCUT2D eigenvalue weighted by molar-refractivity contribution is 0.430. The van der Waals surface area contributed by atoms with E-state index in [1.807, 2.05) is 19.1 Å². The molecule has 0 radical (unpaired) electrons. The Bertz CT molecular complexity index is 904. The van der Waals surface area contributed by atoms with E-state index in [2.05, 4.69) is 42.6 Å². The number of nitrogens with zero attached hydrogens (tertiary/aromatic N) is 2. The van der Waals surface area contributed by atoms with Gasteiger partial charge in [0, 0.05) is 27.2 Å². The standard InChI is InChI=1S/C23H28N2O2/c1-15(2)27-19-12-10-17-8-6-14-25(4)23(17)21(19)20-18(26)11-9-16-7-5-13-24(3)22(16)20/h9-12,26H,1,5-8,13-14H2,2-4H3. The van der Waals surface area contributed by atoms with E-state index < -0.39 is 0 Å². The first-order valence-corrected chi connectivity index (χ1v) is 9.74. The van der Waals surface area contributed by atoms with Crippen molar-refractivity contribution >= 4 is 11.4 Å². The summed E-state index contributed by atoms with van der Waals surface area (Å²) >= 11 is 0. The van der Waals surface area contributed by atoms with Crippen molar-refractivity contribution in [2.75, 3.05) is 37.0 Å². The van der Waals surface area contributed by atoms with E-state index in [0.29, 0.717) is 11.5 Å². The van der Waals surface area contributed by atoms with Crippen molar-refractivity contribution in [1.29, 1.82) is 0 Å². The molecule has 0 saturated heterocycles. The summed E-state index contributed by atoms with van der Waals surface area (Å²) in [6.07, 6.45) is 4.36. The van der Waals surface area contributed by atoms with Crippen molar-refractivity contribution in [2.24, 2.45) is 0 Å². The normalized spacial score (nSPS) is 16.0. The van der Waals surface area contributed by atoms with Gasteiger partial charge in [-0.05, 0) is 55.9 Å². The van der Waals surface area contributed by atoms with Crippen LogP contribution in [0.25, 0.3) is 11.1 Å². The number of fused-ring (bicyclic) bond motifs is 2. The number of phenols is 1. The van der Waals surface area contributed by atoms with Gasteiger partial charge in [0.15, 0.2) is 0 Å². The summed E-state index contributed by atoms with van der Waals surface area (Å²) in [6, 6.07) is 8.08. The van der Waals surface area contributed by atoms with E-state index in [1.54, 1.807) is 0 Å². The fourth-order valence-electron chi connectivity index (χ4n) is 4.51. The van der Waals surface area contributed by atoms with Crippen LogP contribution in [0.2, 0.25) is 0 Å². The molecule has 0 fully saturated rings. The molecule has 0 spiro atoms. The van der Waals surface area contributed by atoms with E-state index in [1.165, 1.54) is 16.8 Å². The van der Waals surface area contributed by atoms with E-state index in [9.17, 15) is 5.11 Å². The van der Waals surface area contributed by atoms with Gasteiger partial charge in [0.2, 0.25) is 0 Å². The van der Waals surface area contributed by atoms with Crippen LogP contribution < -0.4 is 14.5 Å². The molecule has 0 aromatic heterocycles. The Morgan fingerprint density at radius 2 is 1.48 bits per heavy atom. The van der Waals surface area contributed by atoms with Crippen molar-refractivity contribution in [3.63, 3.8) is 0 Å². The van der Waals surface area contributed by atoms with Crippen molar-refractivity contribution in [3.05, 3.63) is 47.7 Å². The van der Waals surface area contributed by atoms with Crippen molar-refractivity contribution in [3.8, 4) is 22.6 Å². The number of hydrogen-bond donors (Lipinski definition) is 1. The highest BCUT2D eigenvalue weighted by molar-refractivity contribution is 5.96. The first kappa shape index (κ1) is 17.8. The molecule has 2 aliphatic rings. The third kappa shape index (κ3) is 3.03. The summed E-state index contributed by atoms with van der Waals surface area (Å²) in [5, 5.41) is 11.0. The predicted octanol–water partition coefficient (Wildman–Crippen LogP) is 4.74. The number of aromatic hydroxyl groups is 1. The molecule has 4 rings (SSSR count). The molecule has 0 unspecified atom stereocenters. The number of benzene rings is 2. The highest BCUT2D eigenvalue weighted by atomic mass is 16.5. The lowest BCUT2D eigenvalue weighted by Gasteiger charge is -2.35. The molecule has 2 heterocycles. The van der Waals surface area contributed by atoms with Gasteiger partial charge in [-0.1, -0.05) is 18.7 Å². The molecule has 27 heavy (non-hydrogen) atoms. The van der Waals surface area contributed by atoms with Crippen LogP contribution in [0.5, 0.6) is 11.5 Å². The van der Waals surface area contributed by atoms with Crippen LogP contribution in [-0.4, -0.2) is 32.3 Å². The molecular formula is C23H28N2O2. The Balaban J connectivity index is 2.06. The molecular weight excluding hydrogens is 336 g/mol. The third-order valence-corrected chi connectivity index (χ3v) is 5.64. The zero-order chi connectivity index (χ0) is 19.1. The Kier molecular flexibility index (Phi) is 4.50. The van der Waals surface area contributed by atoms with Gasteiger partial charge in [0.05, 0.1) is 28.3 Å². The smallest absolute Gasteiger partial charge is 0.137 e. The van der Waals surface area contributed by atoms with Gasteiger partial charge in [0.25, 0.3) is 0 Å². The minimum absolute atomic E-state index is 0.307. The largest absolute Gasteiger partial charge is 0.507 e. The van der Waals surface area contributed by atoms with Crippen LogP contribution in [0.15, 0.2) is 36.6 Å². The molecule has 2 aliphatic heterocycles. The summed E-state index contributed by atoms with van der Waals surface area (Å²) in [4.78, 5) is 4.56. The van der Waals surface area contributed by atoms with E-state index in [-0.39, 0.29) is 0 Å². The van der Waals surface area contributed by atoms with E-state index in [0.717, 1.165) is 61.3 Å². The second-order valence-corrected chi connectivity index (χ2v) is 7.77. The molecule has 0 atom stereocenters. The van der Waals surface area contributed by atoms with Crippen LogP contribution in [0, 0.1) is 0 Å². The number of hydrogen-bond acceptors (Lipinski definition) is 4. The third-order valence-electron chi connectivity index (χ3n) is 5.64. The summed E-state index contributed by atoms with van der Waals surface area (Å²) in [7, 11) is 4.24. The van der Waals surface area contributed by atoms with Crippen molar-refractivity contribution in [1.82, 2.24) is 0 Å². The average molecular weight is 364 g/mol. The van der Waals surface area contributed by atoms with Gasteiger partial charge in [0.1, 0.15) is 11.5 Å². The maximum Gasteiger partial charge on any atom is 0.137 e. The first-order chi connectivity index (χ1) is 13.0. The number of ether oxygens (including phenoxy) is 1. The van der Waals surface area contributed by atoms with Crippen LogP contribution in [-0.2, 0) is 12.8 Å². The molecule has 4 heteroatoms. The lowest BCUT2D eigenvalue weighted by Crippen LogP contribution is -2.27. The molecule has 2 aromatic rings. The van der Waals surface area contributed by atoms with Crippen molar-refractivity contribution in [2.45, 2.75) is 32.6 Å². The maximum atomic E-state index is 11.0. The van der Waals surface area contributed by atoms with Gasteiger partial charge in [-0.15, -0.1) is 0 Å². The average Bonchev–Trinajstić information content (AvgIpc) is 2.63. The monoisotopic (exact) mass is 364 g/mol. The molecule has 1 N–H and O–H groups in total. The number of rotatable bonds is 3. The topological polar surface area (TPSA) is 35.9 Å². The highest BCUT2D eigenvalue weighted by Crippen LogP contribution is 2.51. The Morgan fingerprint density at radius 1 is 0.926 bits per heavy atom. The SMILES string of the molecule is C=C(C)Oc1ccc2c(c1-c1c(O)ccc3c1N(C)CCC3)N(C)CCC2. The summed E-state index contributed by atoms with van der Waals surface area (Å²) in [6.45, 7) is 7.79. The van der Waals surface area contributed by atoms with Crippen LogP contribution in [0.4, 0.5) is 11.4 Å². The highest BCUT2D eigenvalue weighted by Gasteiger charge is 2.29. The molecule has 4 nitrogen and oxygen atoms in total. The maximum absolute atomic E-state index is 11.0. The molecule has 0 amide bonds. The first-order valence-electron chi connectivity index (χ1n) is 9.74. The predicted molar refractivity (Wildman–Crippen MR) is 112 cm³/mol. The molecule has 0 saturated carbocycles. The molecule has 0 bridgehead atoms. The van der Waals surface area contributed by atoms with Gasteiger partial charge in [-0.25, -0.2) is 0 Å². The summed E-state index contributed by atoms with van der Waals surface area (Å²) in [5.41, 5.74) is 6.76.